The SMILES string of the molecule is CCc1nc2cccc(CC(=N)N)n2n1. The zero-order valence-electron chi connectivity index (χ0n) is 8.57. The van der Waals surface area contributed by atoms with E-state index in [2.05, 4.69) is 10.1 Å². The number of pyridine rings is 1. The zero-order chi connectivity index (χ0) is 10.8. The third-order valence-corrected chi connectivity index (χ3v) is 2.17. The van der Waals surface area contributed by atoms with Crippen molar-refractivity contribution in [2.75, 3.05) is 0 Å². The normalized spacial score (nSPS) is 10.7. The monoisotopic (exact) mass is 203 g/mol. The molecule has 0 aromatic carbocycles. The maximum Gasteiger partial charge on any atom is 0.155 e. The molecule has 2 heterocycles. The molecule has 0 bridgehead atoms. The van der Waals surface area contributed by atoms with Gasteiger partial charge in [-0.3, -0.25) is 5.41 Å². The average Bonchev–Trinajstić information content (AvgIpc) is 2.61. The minimum atomic E-state index is 0.135. The molecule has 2 rings (SSSR count). The van der Waals surface area contributed by atoms with Crippen molar-refractivity contribution in [1.29, 1.82) is 5.41 Å². The standard InChI is InChI=1S/C10H13N5/c1-2-9-13-10-5-3-4-7(6-8(11)12)15(10)14-9/h3-5H,2,6H2,1H3,(H3,11,12). The number of rotatable bonds is 3. The lowest BCUT2D eigenvalue weighted by molar-refractivity contribution is 0.848. The Balaban J connectivity index is 2.54. The number of hydrogen-bond acceptors (Lipinski definition) is 3. The minimum absolute atomic E-state index is 0.135. The van der Waals surface area contributed by atoms with Crippen molar-refractivity contribution >= 4 is 11.5 Å². The van der Waals surface area contributed by atoms with Gasteiger partial charge >= 0.3 is 0 Å². The second kappa shape index (κ2) is 3.68. The van der Waals surface area contributed by atoms with Crippen LogP contribution in [0.15, 0.2) is 18.2 Å². The topological polar surface area (TPSA) is 80.1 Å². The van der Waals surface area contributed by atoms with E-state index >= 15 is 0 Å². The molecular formula is C10H13N5. The highest BCUT2D eigenvalue weighted by atomic mass is 15.3. The molecule has 0 atom stereocenters. The van der Waals surface area contributed by atoms with Crippen LogP contribution in [0.4, 0.5) is 0 Å². The van der Waals surface area contributed by atoms with Gasteiger partial charge in [-0.25, -0.2) is 9.50 Å². The molecule has 0 saturated heterocycles. The van der Waals surface area contributed by atoms with E-state index in [0.29, 0.717) is 6.42 Å². The second-order valence-electron chi connectivity index (χ2n) is 3.37. The number of nitrogens with zero attached hydrogens (tertiary/aromatic N) is 3. The average molecular weight is 203 g/mol. The summed E-state index contributed by atoms with van der Waals surface area (Å²) in [5.74, 6) is 0.946. The summed E-state index contributed by atoms with van der Waals surface area (Å²) in [6.45, 7) is 2.01. The summed E-state index contributed by atoms with van der Waals surface area (Å²) < 4.78 is 1.75. The third-order valence-electron chi connectivity index (χ3n) is 2.17. The van der Waals surface area contributed by atoms with Crippen LogP contribution < -0.4 is 5.73 Å². The summed E-state index contributed by atoms with van der Waals surface area (Å²) >= 11 is 0. The number of fused-ring (bicyclic) bond motifs is 1. The Labute approximate surface area is 87.4 Å². The molecule has 5 heteroatoms. The molecule has 0 radical (unpaired) electrons. The fourth-order valence-electron chi connectivity index (χ4n) is 1.48. The number of aryl methyl sites for hydroxylation is 1. The summed E-state index contributed by atoms with van der Waals surface area (Å²) in [6.07, 6.45) is 1.21. The maximum absolute atomic E-state index is 7.27. The van der Waals surface area contributed by atoms with E-state index in [1.165, 1.54) is 0 Å². The lowest BCUT2D eigenvalue weighted by Gasteiger charge is -2.01. The highest BCUT2D eigenvalue weighted by molar-refractivity contribution is 5.79. The molecule has 0 aliphatic heterocycles. The largest absolute Gasteiger partial charge is 0.387 e. The maximum atomic E-state index is 7.27. The summed E-state index contributed by atoms with van der Waals surface area (Å²) in [5.41, 5.74) is 7.08. The van der Waals surface area contributed by atoms with Crippen molar-refractivity contribution in [3.8, 4) is 0 Å². The first kappa shape index (κ1) is 9.64. The molecule has 0 fully saturated rings. The van der Waals surface area contributed by atoms with Gasteiger partial charge in [0.1, 0.15) is 0 Å². The summed E-state index contributed by atoms with van der Waals surface area (Å²) in [6, 6.07) is 5.71. The molecule has 2 aromatic heterocycles. The van der Waals surface area contributed by atoms with Crippen LogP contribution >= 0.6 is 0 Å². The van der Waals surface area contributed by atoms with Gasteiger partial charge in [0, 0.05) is 12.8 Å². The van der Waals surface area contributed by atoms with E-state index in [0.717, 1.165) is 23.6 Å². The summed E-state index contributed by atoms with van der Waals surface area (Å²) in [7, 11) is 0. The van der Waals surface area contributed by atoms with Crippen LogP contribution in [0.1, 0.15) is 18.4 Å². The van der Waals surface area contributed by atoms with Crippen LogP contribution in [0.5, 0.6) is 0 Å². The van der Waals surface area contributed by atoms with Gasteiger partial charge in [-0.2, -0.15) is 5.10 Å². The molecule has 78 valence electrons. The number of hydrogen-bond donors (Lipinski definition) is 2. The van der Waals surface area contributed by atoms with Gasteiger partial charge in [0.2, 0.25) is 0 Å². The number of nitrogens with one attached hydrogen (secondary N) is 1. The predicted octanol–water partition coefficient (Wildman–Crippen LogP) is 0.770. The van der Waals surface area contributed by atoms with E-state index in [1.54, 1.807) is 4.52 Å². The zero-order valence-corrected chi connectivity index (χ0v) is 8.57. The molecule has 0 unspecified atom stereocenters. The number of aromatic nitrogens is 3. The Hall–Kier alpha value is -1.91. The molecule has 0 saturated carbocycles. The van der Waals surface area contributed by atoms with Crippen LogP contribution in [0.2, 0.25) is 0 Å². The van der Waals surface area contributed by atoms with Crippen molar-refractivity contribution in [3.63, 3.8) is 0 Å². The first-order chi connectivity index (χ1) is 7.20. The van der Waals surface area contributed by atoms with Crippen molar-refractivity contribution in [1.82, 2.24) is 14.6 Å². The van der Waals surface area contributed by atoms with E-state index in [4.69, 9.17) is 11.1 Å². The Bertz CT molecular complexity index is 499. The smallest absolute Gasteiger partial charge is 0.155 e. The molecular weight excluding hydrogens is 190 g/mol. The van der Waals surface area contributed by atoms with Crippen molar-refractivity contribution < 1.29 is 0 Å². The Morgan fingerprint density at radius 1 is 1.53 bits per heavy atom. The molecule has 2 aromatic rings. The second-order valence-corrected chi connectivity index (χ2v) is 3.37. The Kier molecular flexibility index (Phi) is 2.37. The fraction of sp³-hybridized carbons (Fsp3) is 0.300. The molecule has 15 heavy (non-hydrogen) atoms. The van der Waals surface area contributed by atoms with E-state index in [9.17, 15) is 0 Å². The van der Waals surface area contributed by atoms with E-state index in [1.807, 2.05) is 25.1 Å². The molecule has 0 spiro atoms. The number of nitrogens with two attached hydrogens (primary N) is 1. The van der Waals surface area contributed by atoms with Crippen LogP contribution in [0, 0.1) is 5.41 Å². The number of amidine groups is 1. The Morgan fingerprint density at radius 3 is 3.00 bits per heavy atom. The van der Waals surface area contributed by atoms with Gasteiger partial charge in [0.15, 0.2) is 11.5 Å². The van der Waals surface area contributed by atoms with Gasteiger partial charge < -0.3 is 5.73 Å². The van der Waals surface area contributed by atoms with Gasteiger partial charge in [-0.1, -0.05) is 13.0 Å². The molecule has 5 nitrogen and oxygen atoms in total. The van der Waals surface area contributed by atoms with Crippen LogP contribution in [0.3, 0.4) is 0 Å². The minimum Gasteiger partial charge on any atom is -0.387 e. The van der Waals surface area contributed by atoms with E-state index in [-0.39, 0.29) is 5.84 Å². The Morgan fingerprint density at radius 2 is 2.33 bits per heavy atom. The molecule has 0 aliphatic carbocycles. The van der Waals surface area contributed by atoms with Gasteiger partial charge in [-0.05, 0) is 12.1 Å². The highest BCUT2D eigenvalue weighted by Gasteiger charge is 2.06. The summed E-state index contributed by atoms with van der Waals surface area (Å²) in [5, 5.41) is 11.6. The van der Waals surface area contributed by atoms with Gasteiger partial charge in [-0.15, -0.1) is 0 Å². The summed E-state index contributed by atoms with van der Waals surface area (Å²) in [4.78, 5) is 4.34. The lowest BCUT2D eigenvalue weighted by atomic mass is 10.2. The highest BCUT2D eigenvalue weighted by Crippen LogP contribution is 2.06. The van der Waals surface area contributed by atoms with E-state index < -0.39 is 0 Å². The van der Waals surface area contributed by atoms with Crippen molar-refractivity contribution in [3.05, 3.63) is 29.7 Å². The first-order valence-electron chi connectivity index (χ1n) is 4.87. The van der Waals surface area contributed by atoms with Crippen molar-refractivity contribution in [2.45, 2.75) is 19.8 Å². The predicted molar refractivity (Wildman–Crippen MR) is 58.0 cm³/mol. The van der Waals surface area contributed by atoms with Crippen molar-refractivity contribution in [2.24, 2.45) is 5.73 Å². The van der Waals surface area contributed by atoms with Crippen LogP contribution in [-0.2, 0) is 12.8 Å². The van der Waals surface area contributed by atoms with Crippen LogP contribution in [-0.4, -0.2) is 20.4 Å². The molecule has 0 aliphatic rings. The molecule has 0 amide bonds. The van der Waals surface area contributed by atoms with Gasteiger partial charge in [0.25, 0.3) is 0 Å². The van der Waals surface area contributed by atoms with Gasteiger partial charge in [0.05, 0.1) is 11.5 Å². The lowest BCUT2D eigenvalue weighted by Crippen LogP contribution is -2.15. The molecule has 3 N–H and O–H groups in total. The quantitative estimate of drug-likeness (QED) is 0.571. The fourth-order valence-corrected chi connectivity index (χ4v) is 1.48. The third kappa shape index (κ3) is 1.81. The van der Waals surface area contributed by atoms with Crippen LogP contribution in [0.25, 0.3) is 5.65 Å². The first-order valence-corrected chi connectivity index (χ1v) is 4.87.